The van der Waals surface area contributed by atoms with Gasteiger partial charge in [0, 0.05) is 5.56 Å². The summed E-state index contributed by atoms with van der Waals surface area (Å²) < 4.78 is 12.9. The summed E-state index contributed by atoms with van der Waals surface area (Å²) in [4.78, 5) is 11.8. The van der Waals surface area contributed by atoms with Gasteiger partial charge in [0.25, 0.3) is 5.91 Å². The number of aryl methyl sites for hydroxylation is 1. The van der Waals surface area contributed by atoms with Crippen molar-refractivity contribution in [1.29, 1.82) is 0 Å². The normalized spacial score (nSPS) is 10.2. The molecule has 0 unspecified atom stereocenters. The Morgan fingerprint density at radius 2 is 2.24 bits per heavy atom. The van der Waals surface area contributed by atoms with Crippen molar-refractivity contribution in [2.75, 3.05) is 11.1 Å². The molecule has 88 valence electrons. The minimum Gasteiger partial charge on any atom is -0.374 e. The first-order valence-electron chi connectivity index (χ1n) is 4.73. The molecule has 0 saturated carbocycles. The Bertz CT molecular complexity index is 569. The standard InChI is InChI=1S/C10H9FN4OS/c1-5-4-6(11)2-3-7(5)8(16)13-10-15-14-9(12)17-10/h2-4H,1H3,(H2,12,14)(H,13,15,16). The molecule has 0 aliphatic carbocycles. The lowest BCUT2D eigenvalue weighted by atomic mass is 10.1. The number of anilines is 2. The number of hydrogen-bond donors (Lipinski definition) is 2. The van der Waals surface area contributed by atoms with Crippen molar-refractivity contribution in [3.63, 3.8) is 0 Å². The van der Waals surface area contributed by atoms with E-state index in [1.165, 1.54) is 18.2 Å². The van der Waals surface area contributed by atoms with Gasteiger partial charge in [-0.15, -0.1) is 10.2 Å². The molecule has 5 nitrogen and oxygen atoms in total. The number of amides is 1. The fraction of sp³-hybridized carbons (Fsp3) is 0.100. The Kier molecular flexibility index (Phi) is 3.01. The average Bonchev–Trinajstić information content (AvgIpc) is 2.63. The molecular weight excluding hydrogens is 243 g/mol. The number of nitrogens with two attached hydrogens (primary N) is 1. The van der Waals surface area contributed by atoms with Gasteiger partial charge < -0.3 is 5.73 Å². The van der Waals surface area contributed by atoms with Crippen molar-refractivity contribution in [2.24, 2.45) is 0 Å². The van der Waals surface area contributed by atoms with Gasteiger partial charge in [-0.1, -0.05) is 11.3 Å². The molecule has 0 spiro atoms. The molecule has 2 aromatic rings. The summed E-state index contributed by atoms with van der Waals surface area (Å²) in [6, 6.07) is 3.95. The first-order valence-corrected chi connectivity index (χ1v) is 5.54. The zero-order valence-electron chi connectivity index (χ0n) is 8.90. The van der Waals surface area contributed by atoms with Gasteiger partial charge in [0.1, 0.15) is 5.82 Å². The topological polar surface area (TPSA) is 80.9 Å². The third-order valence-electron chi connectivity index (χ3n) is 2.09. The highest BCUT2D eigenvalue weighted by Crippen LogP contribution is 2.18. The van der Waals surface area contributed by atoms with Gasteiger partial charge in [0.2, 0.25) is 10.3 Å². The maximum absolute atomic E-state index is 12.9. The molecule has 1 aromatic heterocycles. The van der Waals surface area contributed by atoms with Crippen LogP contribution in [0.2, 0.25) is 0 Å². The molecule has 0 bridgehead atoms. The van der Waals surface area contributed by atoms with Gasteiger partial charge in [-0.05, 0) is 30.7 Å². The average molecular weight is 252 g/mol. The molecule has 0 radical (unpaired) electrons. The zero-order chi connectivity index (χ0) is 12.4. The highest BCUT2D eigenvalue weighted by molar-refractivity contribution is 7.19. The Morgan fingerprint density at radius 1 is 1.47 bits per heavy atom. The van der Waals surface area contributed by atoms with Crippen LogP contribution in [0.5, 0.6) is 0 Å². The molecule has 1 aromatic carbocycles. The molecule has 0 fully saturated rings. The van der Waals surface area contributed by atoms with E-state index in [0.29, 0.717) is 16.3 Å². The number of benzene rings is 1. The lowest BCUT2D eigenvalue weighted by molar-refractivity contribution is 0.102. The van der Waals surface area contributed by atoms with Crippen molar-refractivity contribution >= 4 is 27.5 Å². The Balaban J connectivity index is 2.20. The summed E-state index contributed by atoms with van der Waals surface area (Å²) >= 11 is 1.07. The van der Waals surface area contributed by atoms with E-state index in [2.05, 4.69) is 15.5 Å². The molecule has 0 saturated heterocycles. The molecular formula is C10H9FN4OS. The summed E-state index contributed by atoms with van der Waals surface area (Å²) in [6.45, 7) is 1.66. The maximum atomic E-state index is 12.9. The van der Waals surface area contributed by atoms with Crippen LogP contribution in [0.4, 0.5) is 14.7 Å². The van der Waals surface area contributed by atoms with Crippen molar-refractivity contribution in [3.05, 3.63) is 35.1 Å². The number of rotatable bonds is 2. The van der Waals surface area contributed by atoms with Crippen LogP contribution in [0.25, 0.3) is 0 Å². The minimum atomic E-state index is -0.376. The van der Waals surface area contributed by atoms with Gasteiger partial charge in [-0.2, -0.15) is 0 Å². The van der Waals surface area contributed by atoms with Gasteiger partial charge in [0.15, 0.2) is 0 Å². The third kappa shape index (κ3) is 2.56. The largest absolute Gasteiger partial charge is 0.374 e. The van der Waals surface area contributed by atoms with Gasteiger partial charge in [0.05, 0.1) is 0 Å². The number of hydrogen-bond acceptors (Lipinski definition) is 5. The van der Waals surface area contributed by atoms with Gasteiger partial charge in [-0.3, -0.25) is 10.1 Å². The van der Waals surface area contributed by atoms with Crippen LogP contribution in [0.15, 0.2) is 18.2 Å². The smallest absolute Gasteiger partial charge is 0.257 e. The summed E-state index contributed by atoms with van der Waals surface area (Å²) in [5, 5.41) is 10.4. The van der Waals surface area contributed by atoms with E-state index >= 15 is 0 Å². The van der Waals surface area contributed by atoms with E-state index in [1.54, 1.807) is 6.92 Å². The number of nitrogens with one attached hydrogen (secondary N) is 1. The van der Waals surface area contributed by atoms with E-state index < -0.39 is 0 Å². The van der Waals surface area contributed by atoms with Crippen molar-refractivity contribution in [3.8, 4) is 0 Å². The highest BCUT2D eigenvalue weighted by atomic mass is 32.1. The minimum absolute atomic E-state index is 0.274. The Morgan fingerprint density at radius 3 is 2.82 bits per heavy atom. The van der Waals surface area contributed by atoms with E-state index in [1.807, 2.05) is 0 Å². The molecule has 0 atom stereocenters. The molecule has 2 rings (SSSR count). The maximum Gasteiger partial charge on any atom is 0.257 e. The molecule has 1 amide bonds. The second-order valence-corrected chi connectivity index (χ2v) is 4.37. The summed E-state index contributed by atoms with van der Waals surface area (Å²) in [7, 11) is 0. The van der Waals surface area contributed by atoms with Crippen LogP contribution in [0.1, 0.15) is 15.9 Å². The number of nitrogen functional groups attached to an aromatic ring is 1. The monoisotopic (exact) mass is 252 g/mol. The fourth-order valence-corrected chi connectivity index (χ4v) is 1.84. The second kappa shape index (κ2) is 4.46. The van der Waals surface area contributed by atoms with Crippen molar-refractivity contribution in [1.82, 2.24) is 10.2 Å². The first-order chi connectivity index (χ1) is 8.06. The number of carbonyl (C=O) groups is 1. The van der Waals surface area contributed by atoms with E-state index in [0.717, 1.165) is 11.3 Å². The Labute approximate surface area is 100 Å². The SMILES string of the molecule is Cc1cc(F)ccc1C(=O)Nc1nnc(N)s1. The second-order valence-electron chi connectivity index (χ2n) is 3.36. The summed E-state index contributed by atoms with van der Waals surface area (Å²) in [5.74, 6) is -0.738. The van der Waals surface area contributed by atoms with E-state index in [4.69, 9.17) is 5.73 Å². The summed E-state index contributed by atoms with van der Waals surface area (Å²) in [5.41, 5.74) is 6.33. The van der Waals surface area contributed by atoms with Gasteiger partial charge >= 0.3 is 0 Å². The highest BCUT2D eigenvalue weighted by Gasteiger charge is 2.12. The lowest BCUT2D eigenvalue weighted by Crippen LogP contribution is -2.13. The predicted molar refractivity (Wildman–Crippen MR) is 63.4 cm³/mol. The zero-order valence-corrected chi connectivity index (χ0v) is 9.71. The first kappa shape index (κ1) is 11.5. The van der Waals surface area contributed by atoms with Crippen LogP contribution in [0, 0.1) is 12.7 Å². The van der Waals surface area contributed by atoms with Crippen molar-refractivity contribution in [2.45, 2.75) is 6.92 Å². The molecule has 1 heterocycles. The molecule has 3 N–H and O–H groups in total. The number of halogens is 1. The summed E-state index contributed by atoms with van der Waals surface area (Å²) in [6.07, 6.45) is 0. The molecule has 7 heteroatoms. The van der Waals surface area contributed by atoms with E-state index in [9.17, 15) is 9.18 Å². The van der Waals surface area contributed by atoms with Crippen LogP contribution in [0.3, 0.4) is 0 Å². The van der Waals surface area contributed by atoms with Gasteiger partial charge in [-0.25, -0.2) is 4.39 Å². The number of aromatic nitrogens is 2. The molecule has 0 aliphatic rings. The number of nitrogens with zero attached hydrogens (tertiary/aromatic N) is 2. The van der Waals surface area contributed by atoms with Crippen LogP contribution >= 0.6 is 11.3 Å². The fourth-order valence-electron chi connectivity index (χ4n) is 1.33. The van der Waals surface area contributed by atoms with E-state index in [-0.39, 0.29) is 16.9 Å². The molecule has 17 heavy (non-hydrogen) atoms. The van der Waals surface area contributed by atoms with Crippen LogP contribution in [-0.4, -0.2) is 16.1 Å². The lowest BCUT2D eigenvalue weighted by Gasteiger charge is -2.04. The Hall–Kier alpha value is -2.02. The third-order valence-corrected chi connectivity index (χ3v) is 2.76. The quantitative estimate of drug-likeness (QED) is 0.854. The molecule has 0 aliphatic heterocycles. The number of carbonyl (C=O) groups excluding carboxylic acids is 1. The predicted octanol–water partition coefficient (Wildman–Crippen LogP) is 1.82. The van der Waals surface area contributed by atoms with Crippen LogP contribution < -0.4 is 11.1 Å². The van der Waals surface area contributed by atoms with Crippen LogP contribution in [-0.2, 0) is 0 Å². The van der Waals surface area contributed by atoms with Crippen molar-refractivity contribution < 1.29 is 9.18 Å².